The van der Waals surface area contributed by atoms with Crippen LogP contribution in [-0.2, 0) is 0 Å². The zero-order valence-electron chi connectivity index (χ0n) is 11.2. The fourth-order valence-corrected chi connectivity index (χ4v) is 4.47. The third-order valence-corrected chi connectivity index (χ3v) is 5.23. The Balaban J connectivity index is 1.94. The molecule has 2 nitrogen and oxygen atoms in total. The number of halogens is 3. The molecule has 1 N–H and O–H groups in total. The maximum absolute atomic E-state index is 12.2. The fraction of sp³-hybridized carbons (Fsp3) is 0.533. The minimum atomic E-state index is -0.0223. The van der Waals surface area contributed by atoms with Gasteiger partial charge in [0.25, 0.3) is 5.91 Å². The van der Waals surface area contributed by atoms with E-state index in [0.29, 0.717) is 23.3 Å². The molecule has 1 amide bonds. The van der Waals surface area contributed by atoms with Crippen LogP contribution in [0, 0.1) is 11.8 Å². The molecule has 2 unspecified atom stereocenters. The molecule has 0 saturated heterocycles. The van der Waals surface area contributed by atoms with Crippen molar-refractivity contribution in [2.24, 2.45) is 11.8 Å². The van der Waals surface area contributed by atoms with Crippen molar-refractivity contribution in [3.63, 3.8) is 0 Å². The van der Waals surface area contributed by atoms with Crippen molar-refractivity contribution in [2.45, 2.75) is 25.7 Å². The van der Waals surface area contributed by atoms with Crippen molar-refractivity contribution in [1.82, 2.24) is 5.32 Å². The van der Waals surface area contributed by atoms with Crippen molar-refractivity contribution in [3.05, 3.63) is 32.7 Å². The SMILES string of the molecule is O=C(NCC1CCCCC1CCl)c1cc(Br)cc(Br)c1. The Morgan fingerprint density at radius 1 is 1.15 bits per heavy atom. The molecule has 0 aromatic heterocycles. The van der Waals surface area contributed by atoms with E-state index < -0.39 is 0 Å². The summed E-state index contributed by atoms with van der Waals surface area (Å²) in [7, 11) is 0. The number of nitrogens with one attached hydrogen (secondary N) is 1. The molecular formula is C15H18Br2ClNO. The molecule has 5 heteroatoms. The van der Waals surface area contributed by atoms with Crippen LogP contribution in [0.3, 0.4) is 0 Å². The first-order valence-corrected chi connectivity index (χ1v) is 9.02. The van der Waals surface area contributed by atoms with Crippen LogP contribution in [0.5, 0.6) is 0 Å². The lowest BCUT2D eigenvalue weighted by molar-refractivity contribution is 0.0936. The Morgan fingerprint density at radius 3 is 2.35 bits per heavy atom. The van der Waals surface area contributed by atoms with Gasteiger partial charge in [-0.3, -0.25) is 4.79 Å². The van der Waals surface area contributed by atoms with Gasteiger partial charge in [0.1, 0.15) is 0 Å². The third kappa shape index (κ3) is 4.47. The summed E-state index contributed by atoms with van der Waals surface area (Å²) in [6.45, 7) is 0.723. The molecule has 20 heavy (non-hydrogen) atoms. The molecule has 1 aromatic carbocycles. The summed E-state index contributed by atoms with van der Waals surface area (Å²) in [5.41, 5.74) is 0.671. The molecule has 0 bridgehead atoms. The maximum atomic E-state index is 12.2. The van der Waals surface area contributed by atoms with E-state index in [9.17, 15) is 4.79 Å². The van der Waals surface area contributed by atoms with E-state index in [4.69, 9.17) is 11.6 Å². The van der Waals surface area contributed by atoms with Gasteiger partial charge >= 0.3 is 0 Å². The minimum Gasteiger partial charge on any atom is -0.352 e. The van der Waals surface area contributed by atoms with Gasteiger partial charge in [-0.2, -0.15) is 0 Å². The quantitative estimate of drug-likeness (QED) is 0.680. The molecule has 2 rings (SSSR count). The summed E-state index contributed by atoms with van der Waals surface area (Å²) >= 11 is 12.8. The monoisotopic (exact) mass is 421 g/mol. The topological polar surface area (TPSA) is 29.1 Å². The maximum Gasteiger partial charge on any atom is 0.251 e. The first-order chi connectivity index (χ1) is 9.60. The number of benzene rings is 1. The van der Waals surface area contributed by atoms with E-state index in [1.165, 1.54) is 25.7 Å². The standard InChI is InChI=1S/C15H18Br2ClNO/c16-13-5-12(6-14(17)7-13)15(20)19-9-11-4-2-1-3-10(11)8-18/h5-7,10-11H,1-4,8-9H2,(H,19,20). The minimum absolute atomic E-state index is 0.0223. The van der Waals surface area contributed by atoms with Gasteiger partial charge < -0.3 is 5.32 Å². The normalized spacial score (nSPS) is 22.6. The van der Waals surface area contributed by atoms with Gasteiger partial charge in [-0.25, -0.2) is 0 Å². The highest BCUT2D eigenvalue weighted by atomic mass is 79.9. The molecule has 1 aromatic rings. The molecule has 0 heterocycles. The van der Waals surface area contributed by atoms with E-state index in [0.717, 1.165) is 15.5 Å². The number of hydrogen-bond donors (Lipinski definition) is 1. The summed E-state index contributed by atoms with van der Waals surface area (Å²) in [6.07, 6.45) is 4.86. The van der Waals surface area contributed by atoms with Gasteiger partial charge in [-0.15, -0.1) is 11.6 Å². The number of carbonyl (C=O) groups is 1. The van der Waals surface area contributed by atoms with Gasteiger partial charge in [-0.05, 0) is 42.9 Å². The zero-order chi connectivity index (χ0) is 14.5. The van der Waals surface area contributed by atoms with Crippen molar-refractivity contribution in [2.75, 3.05) is 12.4 Å². The zero-order valence-corrected chi connectivity index (χ0v) is 15.1. The van der Waals surface area contributed by atoms with E-state index in [1.54, 1.807) is 0 Å². The van der Waals surface area contributed by atoms with Gasteiger partial charge in [-0.1, -0.05) is 44.7 Å². The van der Waals surface area contributed by atoms with Crippen molar-refractivity contribution in [3.8, 4) is 0 Å². The highest BCUT2D eigenvalue weighted by molar-refractivity contribution is 9.11. The third-order valence-electron chi connectivity index (χ3n) is 3.91. The Hall–Kier alpha value is -0.0600. The lowest BCUT2D eigenvalue weighted by Gasteiger charge is -2.30. The summed E-state index contributed by atoms with van der Waals surface area (Å²) < 4.78 is 1.79. The van der Waals surface area contributed by atoms with Gasteiger partial charge in [0, 0.05) is 26.9 Å². The average Bonchev–Trinajstić information content (AvgIpc) is 2.44. The van der Waals surface area contributed by atoms with Crippen LogP contribution in [0.4, 0.5) is 0 Å². The highest BCUT2D eigenvalue weighted by Gasteiger charge is 2.24. The highest BCUT2D eigenvalue weighted by Crippen LogP contribution is 2.30. The molecule has 110 valence electrons. The largest absolute Gasteiger partial charge is 0.352 e. The lowest BCUT2D eigenvalue weighted by atomic mass is 9.80. The fourth-order valence-electron chi connectivity index (χ4n) is 2.77. The van der Waals surface area contributed by atoms with E-state index in [2.05, 4.69) is 37.2 Å². The predicted octanol–water partition coefficient (Wildman–Crippen LogP) is 4.99. The first-order valence-electron chi connectivity index (χ1n) is 6.90. The summed E-state index contributed by atoms with van der Waals surface area (Å²) in [5.74, 6) is 1.73. The number of rotatable bonds is 4. The Labute approximate surface area is 141 Å². The van der Waals surface area contributed by atoms with Crippen LogP contribution < -0.4 is 5.32 Å². The molecule has 1 saturated carbocycles. The Morgan fingerprint density at radius 2 is 1.75 bits per heavy atom. The van der Waals surface area contributed by atoms with Crippen molar-refractivity contribution < 1.29 is 4.79 Å². The lowest BCUT2D eigenvalue weighted by Crippen LogP contribution is -2.34. The number of amides is 1. The van der Waals surface area contributed by atoms with Crippen LogP contribution in [0.25, 0.3) is 0 Å². The number of alkyl halides is 1. The Kier molecular flexibility index (Phi) is 6.37. The second-order valence-electron chi connectivity index (χ2n) is 5.33. The van der Waals surface area contributed by atoms with Gasteiger partial charge in [0.15, 0.2) is 0 Å². The van der Waals surface area contributed by atoms with Crippen LogP contribution in [0.15, 0.2) is 27.1 Å². The molecule has 0 aliphatic heterocycles. The van der Waals surface area contributed by atoms with E-state index >= 15 is 0 Å². The van der Waals surface area contributed by atoms with E-state index in [1.807, 2.05) is 18.2 Å². The van der Waals surface area contributed by atoms with Crippen LogP contribution in [0.1, 0.15) is 36.0 Å². The number of carbonyl (C=O) groups excluding carboxylic acids is 1. The smallest absolute Gasteiger partial charge is 0.251 e. The van der Waals surface area contributed by atoms with Crippen LogP contribution in [-0.4, -0.2) is 18.3 Å². The molecular weight excluding hydrogens is 405 g/mol. The van der Waals surface area contributed by atoms with Crippen LogP contribution in [0.2, 0.25) is 0 Å². The molecule has 1 fully saturated rings. The summed E-state index contributed by atoms with van der Waals surface area (Å²) in [5, 5.41) is 3.05. The van der Waals surface area contributed by atoms with Gasteiger partial charge in [0.05, 0.1) is 0 Å². The molecule has 0 radical (unpaired) electrons. The molecule has 0 spiro atoms. The second-order valence-corrected chi connectivity index (χ2v) is 7.47. The Bertz CT molecular complexity index is 461. The van der Waals surface area contributed by atoms with Crippen molar-refractivity contribution >= 4 is 49.4 Å². The molecule has 1 aliphatic rings. The van der Waals surface area contributed by atoms with Crippen LogP contribution >= 0.6 is 43.5 Å². The predicted molar refractivity (Wildman–Crippen MR) is 90.3 cm³/mol. The average molecular weight is 424 g/mol. The summed E-state index contributed by atoms with van der Waals surface area (Å²) in [4.78, 5) is 12.2. The molecule has 2 atom stereocenters. The summed E-state index contributed by atoms with van der Waals surface area (Å²) in [6, 6.07) is 5.58. The number of hydrogen-bond acceptors (Lipinski definition) is 1. The second kappa shape index (κ2) is 7.81. The van der Waals surface area contributed by atoms with Gasteiger partial charge in [0.2, 0.25) is 0 Å². The van der Waals surface area contributed by atoms with E-state index in [-0.39, 0.29) is 5.91 Å². The first kappa shape index (κ1) is 16.3. The van der Waals surface area contributed by atoms with Crippen molar-refractivity contribution in [1.29, 1.82) is 0 Å². The molecule has 1 aliphatic carbocycles.